The predicted molar refractivity (Wildman–Crippen MR) is 112 cm³/mol. The monoisotopic (exact) mass is 489 g/mol. The number of halogens is 3. The van der Waals surface area contributed by atoms with Crippen LogP contribution in [0.2, 0.25) is 10.0 Å². The number of nitrogens with one attached hydrogen (secondary N) is 3. The van der Waals surface area contributed by atoms with E-state index in [4.69, 9.17) is 40.2 Å². The van der Waals surface area contributed by atoms with E-state index in [2.05, 4.69) is 32.1 Å². The van der Waals surface area contributed by atoms with Crippen molar-refractivity contribution >= 4 is 68.3 Å². The first-order valence-electron chi connectivity index (χ1n) is 7.50. The summed E-state index contributed by atoms with van der Waals surface area (Å²) in [5, 5.41) is 3.14. The summed E-state index contributed by atoms with van der Waals surface area (Å²) in [6, 6.07) is 9.79. The number of hydrogen-bond donors (Lipinski definition) is 3. The summed E-state index contributed by atoms with van der Waals surface area (Å²) in [5.41, 5.74) is 6.16. The summed E-state index contributed by atoms with van der Waals surface area (Å²) in [4.78, 5) is 23.9. The highest BCUT2D eigenvalue weighted by Crippen LogP contribution is 2.27. The minimum absolute atomic E-state index is 0.0606. The Balaban J connectivity index is 1.78. The van der Waals surface area contributed by atoms with Crippen molar-refractivity contribution in [3.05, 3.63) is 62.0 Å². The SMILES string of the molecule is Cc1ccc(C(=O)NC(=S)NNC(=O)COc2ccc(Cl)cc2Cl)cc1Br. The first-order valence-corrected chi connectivity index (χ1v) is 9.46. The molecular formula is C17H14BrCl2N3O3S. The first kappa shape index (κ1) is 21.4. The Kier molecular flexibility index (Phi) is 7.85. The number of amides is 2. The first-order chi connectivity index (χ1) is 12.8. The molecule has 0 radical (unpaired) electrons. The zero-order valence-corrected chi connectivity index (χ0v) is 17.9. The third-order valence-electron chi connectivity index (χ3n) is 3.23. The molecule has 10 heteroatoms. The summed E-state index contributed by atoms with van der Waals surface area (Å²) < 4.78 is 6.09. The maximum atomic E-state index is 12.1. The van der Waals surface area contributed by atoms with Gasteiger partial charge in [0.15, 0.2) is 11.7 Å². The van der Waals surface area contributed by atoms with E-state index < -0.39 is 11.8 Å². The minimum Gasteiger partial charge on any atom is -0.482 e. The second-order valence-electron chi connectivity index (χ2n) is 5.28. The molecule has 0 aliphatic carbocycles. The van der Waals surface area contributed by atoms with Crippen LogP contribution in [0, 0.1) is 6.92 Å². The Morgan fingerprint density at radius 3 is 2.56 bits per heavy atom. The molecule has 0 fully saturated rings. The van der Waals surface area contributed by atoms with Gasteiger partial charge in [-0.2, -0.15) is 0 Å². The Hall–Kier alpha value is -1.87. The van der Waals surface area contributed by atoms with Crippen molar-refractivity contribution in [3.63, 3.8) is 0 Å². The Labute approximate surface area is 179 Å². The molecule has 2 aromatic rings. The lowest BCUT2D eigenvalue weighted by Gasteiger charge is -2.12. The van der Waals surface area contributed by atoms with Crippen LogP contribution < -0.4 is 20.9 Å². The molecule has 2 rings (SSSR count). The number of carbonyl (C=O) groups excluding carboxylic acids is 2. The lowest BCUT2D eigenvalue weighted by Crippen LogP contribution is -2.49. The van der Waals surface area contributed by atoms with Gasteiger partial charge >= 0.3 is 0 Å². The van der Waals surface area contributed by atoms with Gasteiger partial charge in [0.05, 0.1) is 5.02 Å². The summed E-state index contributed by atoms with van der Waals surface area (Å²) >= 11 is 20.1. The number of ether oxygens (including phenoxy) is 1. The normalized spacial score (nSPS) is 10.1. The zero-order valence-electron chi connectivity index (χ0n) is 13.9. The molecule has 0 unspecified atom stereocenters. The number of benzene rings is 2. The minimum atomic E-state index is -0.518. The van der Waals surface area contributed by atoms with Crippen molar-refractivity contribution < 1.29 is 14.3 Å². The molecule has 0 bridgehead atoms. The van der Waals surface area contributed by atoms with E-state index in [0.717, 1.165) is 10.0 Å². The summed E-state index contributed by atoms with van der Waals surface area (Å²) in [6.45, 7) is 1.60. The fourth-order valence-corrected chi connectivity index (χ4v) is 2.82. The van der Waals surface area contributed by atoms with Crippen LogP contribution in [0.25, 0.3) is 0 Å². The topological polar surface area (TPSA) is 79.5 Å². The van der Waals surface area contributed by atoms with Crippen LogP contribution in [-0.4, -0.2) is 23.5 Å². The quantitative estimate of drug-likeness (QED) is 0.449. The number of thiocarbonyl (C=S) groups is 1. The lowest BCUT2D eigenvalue weighted by atomic mass is 10.1. The van der Waals surface area contributed by atoms with Crippen LogP contribution >= 0.6 is 51.3 Å². The van der Waals surface area contributed by atoms with Crippen molar-refractivity contribution in [2.24, 2.45) is 0 Å². The van der Waals surface area contributed by atoms with Crippen LogP contribution in [0.15, 0.2) is 40.9 Å². The van der Waals surface area contributed by atoms with E-state index in [9.17, 15) is 9.59 Å². The predicted octanol–water partition coefficient (Wildman–Crippen LogP) is 3.78. The van der Waals surface area contributed by atoms with E-state index in [1.165, 1.54) is 6.07 Å². The Bertz CT molecular complexity index is 896. The number of hydrogen-bond acceptors (Lipinski definition) is 4. The second kappa shape index (κ2) is 9.89. The molecule has 0 heterocycles. The number of carbonyl (C=O) groups is 2. The molecule has 142 valence electrons. The summed E-state index contributed by atoms with van der Waals surface area (Å²) in [7, 11) is 0. The molecule has 0 spiro atoms. The fraction of sp³-hybridized carbons (Fsp3) is 0.118. The van der Waals surface area contributed by atoms with E-state index >= 15 is 0 Å². The molecule has 2 aromatic carbocycles. The fourth-order valence-electron chi connectivity index (χ4n) is 1.84. The standard InChI is InChI=1S/C17H14BrCl2N3O3S/c1-9-2-3-10(6-12(9)18)16(25)21-17(27)23-22-15(24)8-26-14-5-4-11(19)7-13(14)20/h2-7H,8H2,1H3,(H,22,24)(H2,21,23,25,27). The molecule has 0 aliphatic rings. The van der Waals surface area contributed by atoms with E-state index in [1.807, 2.05) is 6.92 Å². The summed E-state index contributed by atoms with van der Waals surface area (Å²) in [6.07, 6.45) is 0. The van der Waals surface area contributed by atoms with Gasteiger partial charge in [0, 0.05) is 15.1 Å². The van der Waals surface area contributed by atoms with Gasteiger partial charge in [-0.3, -0.25) is 25.8 Å². The van der Waals surface area contributed by atoms with Crippen LogP contribution in [0.5, 0.6) is 5.75 Å². The lowest BCUT2D eigenvalue weighted by molar-refractivity contribution is -0.123. The largest absolute Gasteiger partial charge is 0.482 e. The molecule has 0 saturated carbocycles. The van der Waals surface area contributed by atoms with Gasteiger partial charge in [0.1, 0.15) is 5.75 Å². The number of rotatable bonds is 4. The average Bonchev–Trinajstić information content (AvgIpc) is 2.61. The van der Waals surface area contributed by atoms with Crippen LogP contribution in [0.3, 0.4) is 0 Å². The highest BCUT2D eigenvalue weighted by molar-refractivity contribution is 9.10. The van der Waals surface area contributed by atoms with E-state index in [0.29, 0.717) is 16.3 Å². The van der Waals surface area contributed by atoms with Crippen LogP contribution in [0.1, 0.15) is 15.9 Å². The van der Waals surface area contributed by atoms with Crippen LogP contribution in [0.4, 0.5) is 0 Å². The molecule has 2 amide bonds. The molecule has 6 nitrogen and oxygen atoms in total. The molecular weight excluding hydrogens is 477 g/mol. The highest BCUT2D eigenvalue weighted by atomic mass is 79.9. The Morgan fingerprint density at radius 1 is 1.15 bits per heavy atom. The summed E-state index contributed by atoms with van der Waals surface area (Å²) in [5.74, 6) is -0.612. The maximum absolute atomic E-state index is 12.1. The average molecular weight is 491 g/mol. The third-order valence-corrected chi connectivity index (χ3v) is 4.82. The molecule has 27 heavy (non-hydrogen) atoms. The van der Waals surface area contributed by atoms with Gasteiger partial charge in [0.25, 0.3) is 11.8 Å². The van der Waals surface area contributed by atoms with Gasteiger partial charge in [-0.1, -0.05) is 45.2 Å². The highest BCUT2D eigenvalue weighted by Gasteiger charge is 2.11. The van der Waals surface area contributed by atoms with Crippen molar-refractivity contribution in [2.45, 2.75) is 6.92 Å². The van der Waals surface area contributed by atoms with Gasteiger partial charge in [0.2, 0.25) is 0 Å². The van der Waals surface area contributed by atoms with Gasteiger partial charge in [-0.05, 0) is 55.0 Å². The van der Waals surface area contributed by atoms with Crippen molar-refractivity contribution in [3.8, 4) is 5.75 Å². The molecule has 0 atom stereocenters. The molecule has 0 saturated heterocycles. The molecule has 0 aromatic heterocycles. The van der Waals surface area contributed by atoms with Crippen molar-refractivity contribution in [1.82, 2.24) is 16.2 Å². The molecule has 3 N–H and O–H groups in total. The van der Waals surface area contributed by atoms with Crippen molar-refractivity contribution in [2.75, 3.05) is 6.61 Å². The maximum Gasteiger partial charge on any atom is 0.276 e. The van der Waals surface area contributed by atoms with Gasteiger partial charge in [-0.15, -0.1) is 0 Å². The Morgan fingerprint density at radius 2 is 1.89 bits per heavy atom. The zero-order chi connectivity index (χ0) is 20.0. The van der Waals surface area contributed by atoms with Gasteiger partial charge in [-0.25, -0.2) is 0 Å². The van der Waals surface area contributed by atoms with Crippen LogP contribution in [-0.2, 0) is 4.79 Å². The van der Waals surface area contributed by atoms with Gasteiger partial charge < -0.3 is 4.74 Å². The number of aryl methyl sites for hydroxylation is 1. The van der Waals surface area contributed by atoms with E-state index in [-0.39, 0.29) is 16.7 Å². The molecule has 0 aliphatic heterocycles. The smallest absolute Gasteiger partial charge is 0.276 e. The number of hydrazine groups is 1. The second-order valence-corrected chi connectivity index (χ2v) is 7.39. The van der Waals surface area contributed by atoms with E-state index in [1.54, 1.807) is 30.3 Å². The third kappa shape index (κ3) is 6.66. The van der Waals surface area contributed by atoms with Crippen molar-refractivity contribution in [1.29, 1.82) is 0 Å².